The second-order valence-electron chi connectivity index (χ2n) is 4.17. The Bertz CT molecular complexity index is 171. The van der Waals surface area contributed by atoms with Gasteiger partial charge in [-0.2, -0.15) is 0 Å². The van der Waals surface area contributed by atoms with E-state index < -0.39 is 0 Å². The van der Waals surface area contributed by atoms with E-state index in [0.29, 0.717) is 10.9 Å². The van der Waals surface area contributed by atoms with Crippen molar-refractivity contribution < 1.29 is 0 Å². The van der Waals surface area contributed by atoms with Crippen molar-refractivity contribution in [1.29, 1.82) is 0 Å². The number of thiocarbonyl (C=S) groups is 1. The Morgan fingerprint density at radius 2 is 1.86 bits per heavy atom. The Labute approximate surface area is 93.8 Å². The fourth-order valence-electron chi connectivity index (χ4n) is 1.38. The van der Waals surface area contributed by atoms with E-state index in [1.54, 1.807) is 0 Å². The molecule has 0 heterocycles. The fraction of sp³-hybridized carbons (Fsp3) is 0.909. The molecular weight excluding hydrogens is 192 g/mol. The first kappa shape index (κ1) is 13.8. The average Bonchev–Trinajstić information content (AvgIpc) is 2.16. The second-order valence-corrected chi connectivity index (χ2v) is 4.64. The van der Waals surface area contributed by atoms with E-state index in [9.17, 15) is 0 Å². The minimum atomic E-state index is 0.328. The smallest absolute Gasteiger partial charge is 0.0768 e. The monoisotopic (exact) mass is 216 g/mol. The molecule has 84 valence electrons. The first-order valence-corrected chi connectivity index (χ1v) is 5.93. The standard InChI is InChI=1S/C11H24N2S/c1-5-9(3)7-13(6-2)8-10(4)11(12)14/h9-10H,5-8H2,1-4H3,(H2,12,14). The zero-order valence-corrected chi connectivity index (χ0v) is 10.7. The summed E-state index contributed by atoms with van der Waals surface area (Å²) in [5.74, 6) is 1.09. The van der Waals surface area contributed by atoms with E-state index in [4.69, 9.17) is 18.0 Å². The molecule has 0 aromatic carbocycles. The lowest BCUT2D eigenvalue weighted by atomic mass is 10.1. The Kier molecular flexibility index (Phi) is 7.11. The van der Waals surface area contributed by atoms with Gasteiger partial charge in [0.25, 0.3) is 0 Å². The molecule has 2 N–H and O–H groups in total. The summed E-state index contributed by atoms with van der Waals surface area (Å²) in [6.07, 6.45) is 1.23. The van der Waals surface area contributed by atoms with Gasteiger partial charge in [-0.3, -0.25) is 0 Å². The maximum Gasteiger partial charge on any atom is 0.0768 e. The summed E-state index contributed by atoms with van der Waals surface area (Å²) < 4.78 is 0. The maximum atomic E-state index is 5.61. The van der Waals surface area contributed by atoms with Gasteiger partial charge in [0.1, 0.15) is 0 Å². The van der Waals surface area contributed by atoms with Crippen molar-refractivity contribution >= 4 is 17.2 Å². The van der Waals surface area contributed by atoms with Crippen LogP contribution in [0.15, 0.2) is 0 Å². The largest absolute Gasteiger partial charge is 0.393 e. The van der Waals surface area contributed by atoms with E-state index in [0.717, 1.165) is 25.6 Å². The summed E-state index contributed by atoms with van der Waals surface area (Å²) in [5.41, 5.74) is 5.61. The molecule has 0 fully saturated rings. The third kappa shape index (κ3) is 5.55. The topological polar surface area (TPSA) is 29.3 Å². The molecule has 2 atom stereocenters. The highest BCUT2D eigenvalue weighted by Gasteiger charge is 2.12. The van der Waals surface area contributed by atoms with Crippen LogP contribution in [0.3, 0.4) is 0 Å². The molecule has 3 heteroatoms. The highest BCUT2D eigenvalue weighted by molar-refractivity contribution is 7.80. The lowest BCUT2D eigenvalue weighted by Gasteiger charge is -2.26. The van der Waals surface area contributed by atoms with Crippen molar-refractivity contribution in [2.75, 3.05) is 19.6 Å². The minimum absolute atomic E-state index is 0.328. The van der Waals surface area contributed by atoms with Crippen molar-refractivity contribution in [3.05, 3.63) is 0 Å². The zero-order valence-electron chi connectivity index (χ0n) is 9.92. The van der Waals surface area contributed by atoms with Crippen molar-refractivity contribution in [2.24, 2.45) is 17.6 Å². The van der Waals surface area contributed by atoms with Crippen LogP contribution in [0, 0.1) is 11.8 Å². The van der Waals surface area contributed by atoms with Gasteiger partial charge >= 0.3 is 0 Å². The van der Waals surface area contributed by atoms with Gasteiger partial charge in [0.15, 0.2) is 0 Å². The number of nitrogens with zero attached hydrogens (tertiary/aromatic N) is 1. The van der Waals surface area contributed by atoms with E-state index in [2.05, 4.69) is 32.6 Å². The molecule has 14 heavy (non-hydrogen) atoms. The lowest BCUT2D eigenvalue weighted by Crippen LogP contribution is -2.36. The van der Waals surface area contributed by atoms with Gasteiger partial charge in [-0.15, -0.1) is 0 Å². The predicted molar refractivity (Wildman–Crippen MR) is 67.5 cm³/mol. The molecule has 0 aromatic rings. The predicted octanol–water partition coefficient (Wildman–Crippen LogP) is 2.28. The van der Waals surface area contributed by atoms with E-state index in [-0.39, 0.29) is 0 Å². The number of nitrogens with two attached hydrogens (primary N) is 1. The zero-order chi connectivity index (χ0) is 11.1. The van der Waals surface area contributed by atoms with Crippen molar-refractivity contribution in [3.8, 4) is 0 Å². The van der Waals surface area contributed by atoms with Crippen molar-refractivity contribution in [1.82, 2.24) is 4.90 Å². The Morgan fingerprint density at radius 1 is 1.29 bits per heavy atom. The van der Waals surface area contributed by atoms with Crippen LogP contribution in [-0.4, -0.2) is 29.5 Å². The summed E-state index contributed by atoms with van der Waals surface area (Å²) in [5, 5.41) is 0. The molecule has 0 saturated heterocycles. The normalized spacial score (nSPS) is 15.5. The molecule has 0 amide bonds. The van der Waals surface area contributed by atoms with E-state index >= 15 is 0 Å². The van der Waals surface area contributed by atoms with Crippen LogP contribution in [0.5, 0.6) is 0 Å². The van der Waals surface area contributed by atoms with Gasteiger partial charge in [0.05, 0.1) is 4.99 Å². The van der Waals surface area contributed by atoms with Gasteiger partial charge in [-0.1, -0.05) is 46.3 Å². The minimum Gasteiger partial charge on any atom is -0.393 e. The highest BCUT2D eigenvalue weighted by Crippen LogP contribution is 2.07. The summed E-state index contributed by atoms with van der Waals surface area (Å²) in [6, 6.07) is 0. The first-order chi connectivity index (χ1) is 6.51. The molecule has 0 aliphatic heterocycles. The molecule has 2 nitrogen and oxygen atoms in total. The van der Waals surface area contributed by atoms with E-state index in [1.165, 1.54) is 6.42 Å². The van der Waals surface area contributed by atoms with Crippen LogP contribution in [0.1, 0.15) is 34.1 Å². The van der Waals surface area contributed by atoms with Crippen LogP contribution < -0.4 is 5.73 Å². The van der Waals surface area contributed by atoms with E-state index in [1.807, 2.05) is 0 Å². The average molecular weight is 216 g/mol. The third-order valence-electron chi connectivity index (χ3n) is 2.73. The molecule has 0 rings (SSSR count). The Hall–Kier alpha value is -0.150. The van der Waals surface area contributed by atoms with Crippen molar-refractivity contribution in [3.63, 3.8) is 0 Å². The number of rotatable bonds is 7. The third-order valence-corrected chi connectivity index (χ3v) is 3.13. The van der Waals surface area contributed by atoms with Gasteiger partial charge in [-0.05, 0) is 12.5 Å². The summed E-state index contributed by atoms with van der Waals surface area (Å²) in [7, 11) is 0. The molecule has 0 bridgehead atoms. The Balaban J connectivity index is 3.96. The molecule has 0 spiro atoms. The molecule has 0 radical (unpaired) electrons. The highest BCUT2D eigenvalue weighted by atomic mass is 32.1. The van der Waals surface area contributed by atoms with Gasteiger partial charge in [-0.25, -0.2) is 0 Å². The Morgan fingerprint density at radius 3 is 2.21 bits per heavy atom. The van der Waals surface area contributed by atoms with Gasteiger partial charge in [0, 0.05) is 19.0 Å². The molecule has 0 aromatic heterocycles. The van der Waals surface area contributed by atoms with Gasteiger partial charge in [0.2, 0.25) is 0 Å². The van der Waals surface area contributed by atoms with Crippen molar-refractivity contribution in [2.45, 2.75) is 34.1 Å². The lowest BCUT2D eigenvalue weighted by molar-refractivity contribution is 0.233. The fourth-order valence-corrected chi connectivity index (χ4v) is 1.45. The number of hydrogen-bond acceptors (Lipinski definition) is 2. The summed E-state index contributed by atoms with van der Waals surface area (Å²) in [4.78, 5) is 3.06. The summed E-state index contributed by atoms with van der Waals surface area (Å²) in [6.45, 7) is 12.0. The van der Waals surface area contributed by atoms with Crippen LogP contribution in [0.2, 0.25) is 0 Å². The maximum absolute atomic E-state index is 5.61. The van der Waals surface area contributed by atoms with Crippen LogP contribution in [-0.2, 0) is 0 Å². The van der Waals surface area contributed by atoms with Crippen LogP contribution in [0.4, 0.5) is 0 Å². The molecule has 2 unspecified atom stereocenters. The summed E-state index contributed by atoms with van der Waals surface area (Å²) >= 11 is 4.98. The quantitative estimate of drug-likeness (QED) is 0.662. The first-order valence-electron chi connectivity index (χ1n) is 5.52. The molecule has 0 saturated carbocycles. The van der Waals surface area contributed by atoms with Crippen LogP contribution in [0.25, 0.3) is 0 Å². The molecular formula is C11H24N2S. The SMILES string of the molecule is CCC(C)CN(CC)CC(C)C(N)=S. The molecule has 0 aliphatic rings. The second kappa shape index (κ2) is 7.18. The van der Waals surface area contributed by atoms with Gasteiger partial charge < -0.3 is 10.6 Å². The van der Waals surface area contributed by atoms with Crippen LogP contribution >= 0.6 is 12.2 Å². The number of hydrogen-bond donors (Lipinski definition) is 1. The molecule has 0 aliphatic carbocycles.